The topological polar surface area (TPSA) is 109 Å². The molecule has 0 aliphatic rings. The molecule has 0 aliphatic carbocycles. The van der Waals surface area contributed by atoms with Gasteiger partial charge in [0, 0.05) is 11.6 Å². The fourth-order valence-corrected chi connectivity index (χ4v) is 1.79. The van der Waals surface area contributed by atoms with Gasteiger partial charge in [-0.3, -0.25) is 14.4 Å². The highest BCUT2D eigenvalue weighted by Crippen LogP contribution is 2.08. The van der Waals surface area contributed by atoms with E-state index in [-0.39, 0.29) is 5.70 Å². The standard InChI is InChI=1S/C17H16N2O5/c1-11(17(22)23)18-16(21)14(10-13-8-5-9-24-13)19-15(20)12-6-3-2-4-7-12/h2-11H,1H3,(H,18,21)(H,19,20)(H,22,23)/b14-10+. The normalized spacial score (nSPS) is 12.3. The molecule has 1 heterocycles. The Hall–Kier alpha value is -3.35. The van der Waals surface area contributed by atoms with Gasteiger partial charge in [0.25, 0.3) is 11.8 Å². The zero-order valence-electron chi connectivity index (χ0n) is 12.9. The van der Waals surface area contributed by atoms with Crippen LogP contribution in [0, 0.1) is 0 Å². The van der Waals surface area contributed by atoms with E-state index in [4.69, 9.17) is 9.52 Å². The smallest absolute Gasteiger partial charge is 0.325 e. The second-order valence-electron chi connectivity index (χ2n) is 4.93. The van der Waals surface area contributed by atoms with Crippen LogP contribution in [0.15, 0.2) is 58.8 Å². The first-order valence-electron chi connectivity index (χ1n) is 7.12. The van der Waals surface area contributed by atoms with Crippen molar-refractivity contribution >= 4 is 23.9 Å². The van der Waals surface area contributed by atoms with Crippen LogP contribution in [0.25, 0.3) is 6.08 Å². The van der Waals surface area contributed by atoms with Gasteiger partial charge in [0.15, 0.2) is 0 Å². The third kappa shape index (κ3) is 4.57. The summed E-state index contributed by atoms with van der Waals surface area (Å²) in [7, 11) is 0. The van der Waals surface area contributed by atoms with Gasteiger partial charge in [-0.2, -0.15) is 0 Å². The number of aliphatic carboxylic acids is 1. The quantitative estimate of drug-likeness (QED) is 0.699. The maximum absolute atomic E-state index is 12.3. The fourth-order valence-electron chi connectivity index (χ4n) is 1.79. The molecule has 1 unspecified atom stereocenters. The first-order valence-corrected chi connectivity index (χ1v) is 7.12. The van der Waals surface area contributed by atoms with Crippen LogP contribution in [-0.4, -0.2) is 28.9 Å². The minimum atomic E-state index is -1.19. The Kier molecular flexibility index (Phi) is 5.51. The fraction of sp³-hybridized carbons (Fsp3) is 0.118. The van der Waals surface area contributed by atoms with Gasteiger partial charge in [-0.05, 0) is 31.2 Å². The summed E-state index contributed by atoms with van der Waals surface area (Å²) in [5, 5.41) is 13.6. The minimum absolute atomic E-state index is 0.119. The van der Waals surface area contributed by atoms with Gasteiger partial charge in [0.05, 0.1) is 6.26 Å². The van der Waals surface area contributed by atoms with Crippen LogP contribution >= 0.6 is 0 Å². The van der Waals surface area contributed by atoms with E-state index in [1.807, 2.05) is 0 Å². The molecule has 124 valence electrons. The second kappa shape index (κ2) is 7.77. The van der Waals surface area contributed by atoms with Crippen molar-refractivity contribution in [3.63, 3.8) is 0 Å². The first kappa shape index (κ1) is 17.0. The molecule has 3 N–H and O–H groups in total. The molecule has 0 bridgehead atoms. The molecule has 7 nitrogen and oxygen atoms in total. The third-order valence-electron chi connectivity index (χ3n) is 3.08. The van der Waals surface area contributed by atoms with Gasteiger partial charge in [-0.25, -0.2) is 0 Å². The molecule has 0 aliphatic heterocycles. The molecular weight excluding hydrogens is 312 g/mol. The van der Waals surface area contributed by atoms with Gasteiger partial charge < -0.3 is 20.2 Å². The van der Waals surface area contributed by atoms with Crippen molar-refractivity contribution in [2.45, 2.75) is 13.0 Å². The third-order valence-corrected chi connectivity index (χ3v) is 3.08. The lowest BCUT2D eigenvalue weighted by molar-refractivity contribution is -0.140. The number of hydrogen-bond acceptors (Lipinski definition) is 4. The highest BCUT2D eigenvalue weighted by atomic mass is 16.4. The van der Waals surface area contributed by atoms with Crippen LogP contribution < -0.4 is 10.6 Å². The molecular formula is C17H16N2O5. The molecule has 0 spiro atoms. The summed E-state index contributed by atoms with van der Waals surface area (Å²) in [5.41, 5.74) is 0.244. The molecule has 24 heavy (non-hydrogen) atoms. The molecule has 0 saturated carbocycles. The van der Waals surface area contributed by atoms with Crippen LogP contribution in [0.2, 0.25) is 0 Å². The van der Waals surface area contributed by atoms with E-state index in [1.54, 1.807) is 42.5 Å². The van der Waals surface area contributed by atoms with Crippen molar-refractivity contribution in [2.75, 3.05) is 0 Å². The molecule has 2 rings (SSSR count). The van der Waals surface area contributed by atoms with E-state index in [0.29, 0.717) is 11.3 Å². The Bertz CT molecular complexity index is 751. The molecule has 7 heteroatoms. The Morgan fingerprint density at radius 3 is 2.42 bits per heavy atom. The predicted octanol–water partition coefficient (Wildman–Crippen LogP) is 1.64. The lowest BCUT2D eigenvalue weighted by Gasteiger charge is -2.13. The highest BCUT2D eigenvalue weighted by molar-refractivity contribution is 6.05. The van der Waals surface area contributed by atoms with Crippen molar-refractivity contribution in [1.82, 2.24) is 10.6 Å². The zero-order valence-corrected chi connectivity index (χ0v) is 12.9. The average molecular weight is 328 g/mol. The van der Waals surface area contributed by atoms with Crippen LogP contribution in [-0.2, 0) is 9.59 Å². The molecule has 0 saturated heterocycles. The van der Waals surface area contributed by atoms with E-state index >= 15 is 0 Å². The van der Waals surface area contributed by atoms with Gasteiger partial charge in [0.2, 0.25) is 0 Å². The molecule has 2 amide bonds. The Balaban J connectivity index is 2.22. The summed E-state index contributed by atoms with van der Waals surface area (Å²) in [5.74, 6) is -2.07. The molecule has 1 aromatic carbocycles. The Morgan fingerprint density at radius 2 is 1.83 bits per heavy atom. The summed E-state index contributed by atoms with van der Waals surface area (Å²) in [6.45, 7) is 1.32. The van der Waals surface area contributed by atoms with E-state index in [9.17, 15) is 14.4 Å². The number of carboxylic acid groups (broad SMARTS) is 1. The van der Waals surface area contributed by atoms with Crippen LogP contribution in [0.5, 0.6) is 0 Å². The number of carbonyl (C=O) groups is 3. The minimum Gasteiger partial charge on any atom is -0.480 e. The van der Waals surface area contributed by atoms with Crippen molar-refractivity contribution in [3.05, 3.63) is 65.7 Å². The number of carboxylic acids is 1. The Labute approximate surface area is 138 Å². The second-order valence-corrected chi connectivity index (χ2v) is 4.93. The SMILES string of the molecule is CC(NC(=O)/C(=C\c1ccco1)NC(=O)c1ccccc1)C(=O)O. The Morgan fingerprint density at radius 1 is 1.12 bits per heavy atom. The summed E-state index contributed by atoms with van der Waals surface area (Å²) in [6.07, 6.45) is 2.74. The molecule has 1 atom stereocenters. The summed E-state index contributed by atoms with van der Waals surface area (Å²) in [4.78, 5) is 35.4. The number of hydrogen-bond donors (Lipinski definition) is 3. The van der Waals surface area contributed by atoms with Crippen molar-refractivity contribution in [3.8, 4) is 0 Å². The summed E-state index contributed by atoms with van der Waals surface area (Å²) in [6, 6.07) is 10.5. The van der Waals surface area contributed by atoms with Gasteiger partial charge >= 0.3 is 5.97 Å². The first-order chi connectivity index (χ1) is 11.5. The van der Waals surface area contributed by atoms with Crippen LogP contribution in [0.1, 0.15) is 23.0 Å². The molecule has 0 fully saturated rings. The maximum Gasteiger partial charge on any atom is 0.325 e. The predicted molar refractivity (Wildman–Crippen MR) is 85.8 cm³/mol. The number of nitrogens with one attached hydrogen (secondary N) is 2. The van der Waals surface area contributed by atoms with E-state index in [1.165, 1.54) is 19.3 Å². The van der Waals surface area contributed by atoms with Crippen molar-refractivity contribution < 1.29 is 23.9 Å². The number of benzene rings is 1. The molecule has 1 aromatic heterocycles. The van der Waals surface area contributed by atoms with E-state index < -0.39 is 23.8 Å². The number of amides is 2. The lowest BCUT2D eigenvalue weighted by atomic mass is 10.2. The van der Waals surface area contributed by atoms with Gasteiger partial charge in [0.1, 0.15) is 17.5 Å². The van der Waals surface area contributed by atoms with Gasteiger partial charge in [-0.15, -0.1) is 0 Å². The monoisotopic (exact) mass is 328 g/mol. The molecule has 0 radical (unpaired) electrons. The highest BCUT2D eigenvalue weighted by Gasteiger charge is 2.19. The van der Waals surface area contributed by atoms with Crippen LogP contribution in [0.4, 0.5) is 0 Å². The summed E-state index contributed by atoms with van der Waals surface area (Å²) >= 11 is 0. The number of furan rings is 1. The van der Waals surface area contributed by atoms with Crippen molar-refractivity contribution in [2.24, 2.45) is 0 Å². The van der Waals surface area contributed by atoms with Crippen LogP contribution in [0.3, 0.4) is 0 Å². The lowest BCUT2D eigenvalue weighted by Crippen LogP contribution is -2.42. The van der Waals surface area contributed by atoms with Gasteiger partial charge in [-0.1, -0.05) is 18.2 Å². The summed E-state index contributed by atoms with van der Waals surface area (Å²) < 4.78 is 5.13. The average Bonchev–Trinajstić information content (AvgIpc) is 3.07. The maximum atomic E-state index is 12.3. The zero-order chi connectivity index (χ0) is 17.5. The van der Waals surface area contributed by atoms with E-state index in [2.05, 4.69) is 10.6 Å². The van der Waals surface area contributed by atoms with Crippen molar-refractivity contribution in [1.29, 1.82) is 0 Å². The number of rotatable bonds is 6. The molecule has 2 aromatic rings. The largest absolute Gasteiger partial charge is 0.480 e. The number of carbonyl (C=O) groups excluding carboxylic acids is 2. The van der Waals surface area contributed by atoms with E-state index in [0.717, 1.165) is 0 Å².